The van der Waals surface area contributed by atoms with Crippen molar-refractivity contribution in [2.24, 2.45) is 0 Å². The van der Waals surface area contributed by atoms with E-state index in [9.17, 15) is 0 Å². The number of hydrogen-bond acceptors (Lipinski definition) is 3. The summed E-state index contributed by atoms with van der Waals surface area (Å²) in [6.45, 7) is 2.77. The minimum absolute atomic E-state index is 0.658. The van der Waals surface area contributed by atoms with Crippen LogP contribution in [0.2, 0.25) is 5.02 Å². The van der Waals surface area contributed by atoms with Crippen molar-refractivity contribution in [2.45, 2.75) is 32.4 Å². The van der Waals surface area contributed by atoms with E-state index in [0.29, 0.717) is 16.9 Å². The lowest BCUT2D eigenvalue weighted by Crippen LogP contribution is -2.16. The Balaban J connectivity index is 1.78. The van der Waals surface area contributed by atoms with E-state index in [2.05, 4.69) is 10.3 Å². The van der Waals surface area contributed by atoms with Gasteiger partial charge in [-0.05, 0) is 49.6 Å². The maximum absolute atomic E-state index is 5.96. The van der Waals surface area contributed by atoms with Crippen LogP contribution in [-0.2, 0) is 6.54 Å². The molecule has 3 rings (SSSR count). The Kier molecular flexibility index (Phi) is 3.90. The number of aromatic nitrogens is 1. The molecule has 1 aromatic carbocycles. The van der Waals surface area contributed by atoms with Gasteiger partial charge in [0.25, 0.3) is 0 Å². The van der Waals surface area contributed by atoms with Gasteiger partial charge >= 0.3 is 0 Å². The van der Waals surface area contributed by atoms with Crippen molar-refractivity contribution in [3.05, 3.63) is 52.7 Å². The highest BCUT2D eigenvalue weighted by Gasteiger charge is 2.20. The number of nitrogens with zero attached hydrogens (tertiary/aromatic N) is 1. The first kappa shape index (κ1) is 13.4. The van der Waals surface area contributed by atoms with Crippen molar-refractivity contribution in [3.8, 4) is 11.6 Å². The van der Waals surface area contributed by atoms with Gasteiger partial charge in [-0.25, -0.2) is 4.98 Å². The van der Waals surface area contributed by atoms with Crippen molar-refractivity contribution in [1.82, 2.24) is 10.3 Å². The third kappa shape index (κ3) is 3.30. The lowest BCUT2D eigenvalue weighted by molar-refractivity contribution is 0.449. The molecular weight excluding hydrogens is 272 g/mol. The van der Waals surface area contributed by atoms with E-state index in [1.54, 1.807) is 6.20 Å². The average Bonchev–Trinajstić information content (AvgIpc) is 3.25. The Morgan fingerprint density at radius 1 is 1.35 bits per heavy atom. The predicted octanol–water partition coefficient (Wildman–Crippen LogP) is 4.09. The Bertz CT molecular complexity index is 611. The van der Waals surface area contributed by atoms with E-state index in [-0.39, 0.29) is 0 Å². The second-order valence-corrected chi connectivity index (χ2v) is 5.57. The molecule has 1 N–H and O–H groups in total. The van der Waals surface area contributed by atoms with Crippen LogP contribution < -0.4 is 10.1 Å². The molecule has 0 aliphatic heterocycles. The average molecular weight is 289 g/mol. The Hall–Kier alpha value is -1.58. The fourth-order valence-electron chi connectivity index (χ4n) is 2.02. The molecule has 1 aromatic heterocycles. The molecule has 0 unspecified atom stereocenters. The smallest absolute Gasteiger partial charge is 0.223 e. The minimum atomic E-state index is 0.658. The zero-order valence-corrected chi connectivity index (χ0v) is 12.2. The van der Waals surface area contributed by atoms with Gasteiger partial charge in [0, 0.05) is 29.4 Å². The van der Waals surface area contributed by atoms with Gasteiger partial charge in [-0.2, -0.15) is 0 Å². The van der Waals surface area contributed by atoms with Gasteiger partial charge in [-0.1, -0.05) is 17.7 Å². The van der Waals surface area contributed by atoms with Crippen LogP contribution in [0.15, 0.2) is 36.5 Å². The summed E-state index contributed by atoms with van der Waals surface area (Å²) in [5.41, 5.74) is 2.08. The second-order valence-electron chi connectivity index (χ2n) is 5.13. The number of hydrogen-bond donors (Lipinski definition) is 1. The molecule has 104 valence electrons. The van der Waals surface area contributed by atoms with E-state index >= 15 is 0 Å². The summed E-state index contributed by atoms with van der Waals surface area (Å²) in [4.78, 5) is 4.34. The summed E-state index contributed by atoms with van der Waals surface area (Å²) < 4.78 is 5.94. The Labute approximate surface area is 123 Å². The summed E-state index contributed by atoms with van der Waals surface area (Å²) in [5.74, 6) is 1.45. The van der Waals surface area contributed by atoms with Crippen LogP contribution in [0.5, 0.6) is 11.6 Å². The fourth-order valence-corrected chi connectivity index (χ4v) is 2.25. The molecule has 2 aromatic rings. The van der Waals surface area contributed by atoms with Crippen LogP contribution in [0, 0.1) is 6.92 Å². The fraction of sp³-hybridized carbons (Fsp3) is 0.312. The van der Waals surface area contributed by atoms with Crippen LogP contribution >= 0.6 is 11.6 Å². The normalized spacial score (nSPS) is 14.3. The largest absolute Gasteiger partial charge is 0.438 e. The minimum Gasteiger partial charge on any atom is -0.438 e. The maximum atomic E-state index is 5.96. The summed E-state index contributed by atoms with van der Waals surface area (Å²) >= 11 is 5.96. The van der Waals surface area contributed by atoms with Crippen molar-refractivity contribution < 1.29 is 4.74 Å². The van der Waals surface area contributed by atoms with Gasteiger partial charge in [0.05, 0.1) is 0 Å². The number of aryl methyl sites for hydroxylation is 1. The monoisotopic (exact) mass is 288 g/mol. The zero-order valence-electron chi connectivity index (χ0n) is 11.4. The summed E-state index contributed by atoms with van der Waals surface area (Å²) in [6.07, 6.45) is 4.29. The highest BCUT2D eigenvalue weighted by molar-refractivity contribution is 6.30. The quantitative estimate of drug-likeness (QED) is 0.900. The van der Waals surface area contributed by atoms with E-state index in [0.717, 1.165) is 23.4 Å². The molecular formula is C16H17ClN2O. The number of nitrogens with one attached hydrogen (secondary N) is 1. The Morgan fingerprint density at radius 3 is 2.95 bits per heavy atom. The third-order valence-corrected chi connectivity index (χ3v) is 3.59. The molecule has 0 radical (unpaired) electrons. The number of rotatable bonds is 5. The highest BCUT2D eigenvalue weighted by atomic mass is 35.5. The summed E-state index contributed by atoms with van der Waals surface area (Å²) in [7, 11) is 0. The van der Waals surface area contributed by atoms with E-state index in [1.165, 1.54) is 12.8 Å². The molecule has 0 spiro atoms. The first-order valence-electron chi connectivity index (χ1n) is 6.83. The molecule has 3 nitrogen and oxygen atoms in total. The summed E-state index contributed by atoms with van der Waals surface area (Å²) in [5, 5.41) is 4.20. The molecule has 0 amide bonds. The summed E-state index contributed by atoms with van der Waals surface area (Å²) in [6, 6.07) is 10.2. The predicted molar refractivity (Wildman–Crippen MR) is 80.4 cm³/mol. The van der Waals surface area contributed by atoms with Gasteiger partial charge in [0.15, 0.2) is 0 Å². The molecule has 0 saturated heterocycles. The molecule has 0 bridgehead atoms. The van der Waals surface area contributed by atoms with Crippen LogP contribution in [-0.4, -0.2) is 11.0 Å². The second kappa shape index (κ2) is 5.81. The number of ether oxygens (including phenoxy) is 1. The van der Waals surface area contributed by atoms with E-state index in [4.69, 9.17) is 16.3 Å². The van der Waals surface area contributed by atoms with Crippen LogP contribution in [0.4, 0.5) is 0 Å². The van der Waals surface area contributed by atoms with Gasteiger partial charge in [0.1, 0.15) is 5.75 Å². The number of benzene rings is 1. The number of pyridine rings is 1. The van der Waals surface area contributed by atoms with Gasteiger partial charge in [-0.15, -0.1) is 0 Å². The molecule has 1 aliphatic rings. The highest BCUT2D eigenvalue weighted by Crippen LogP contribution is 2.28. The molecule has 1 aliphatic carbocycles. The molecule has 1 heterocycles. The maximum Gasteiger partial charge on any atom is 0.223 e. The molecule has 4 heteroatoms. The molecule has 0 atom stereocenters. The molecule has 20 heavy (non-hydrogen) atoms. The van der Waals surface area contributed by atoms with Crippen LogP contribution in [0.1, 0.15) is 24.0 Å². The van der Waals surface area contributed by atoms with Crippen molar-refractivity contribution in [1.29, 1.82) is 0 Å². The van der Waals surface area contributed by atoms with E-state index < -0.39 is 0 Å². The lowest BCUT2D eigenvalue weighted by Gasteiger charge is -2.12. The van der Waals surface area contributed by atoms with Gasteiger partial charge < -0.3 is 10.1 Å². The SMILES string of the molecule is Cc1cc(Cl)ccc1Oc1ncccc1CNC1CC1. The molecule has 1 saturated carbocycles. The lowest BCUT2D eigenvalue weighted by atomic mass is 10.2. The molecule has 1 fully saturated rings. The van der Waals surface area contributed by atoms with Crippen LogP contribution in [0.3, 0.4) is 0 Å². The topological polar surface area (TPSA) is 34.1 Å². The number of halogens is 1. The van der Waals surface area contributed by atoms with Gasteiger partial charge in [0.2, 0.25) is 5.88 Å². The van der Waals surface area contributed by atoms with Crippen molar-refractivity contribution in [2.75, 3.05) is 0 Å². The van der Waals surface area contributed by atoms with Crippen molar-refractivity contribution in [3.63, 3.8) is 0 Å². The first-order valence-corrected chi connectivity index (χ1v) is 7.21. The van der Waals surface area contributed by atoms with Crippen molar-refractivity contribution >= 4 is 11.6 Å². The van der Waals surface area contributed by atoms with Crippen LogP contribution in [0.25, 0.3) is 0 Å². The standard InChI is InChI=1S/C16H17ClN2O/c1-11-9-13(17)4-7-15(11)20-16-12(3-2-8-18-16)10-19-14-5-6-14/h2-4,7-9,14,19H,5-6,10H2,1H3. The zero-order chi connectivity index (χ0) is 13.9. The van der Waals surface area contributed by atoms with E-state index in [1.807, 2.05) is 37.3 Å². The third-order valence-electron chi connectivity index (χ3n) is 3.35. The van der Waals surface area contributed by atoms with Gasteiger partial charge in [-0.3, -0.25) is 0 Å². The first-order chi connectivity index (χ1) is 9.72. The Morgan fingerprint density at radius 2 is 2.20 bits per heavy atom.